The number of aryl methyl sites for hydroxylation is 6. The highest BCUT2D eigenvalue weighted by Gasteiger charge is 2.22. The number of fused-ring (bicyclic) bond motifs is 9. The normalized spacial score (nSPS) is 11.8. The van der Waals surface area contributed by atoms with E-state index in [0.717, 1.165) is 72.3 Å². The number of H-pyrrole nitrogens is 3. The zero-order valence-corrected chi connectivity index (χ0v) is 31.8. The molecule has 7 heteroatoms. The van der Waals surface area contributed by atoms with Gasteiger partial charge in [-0.15, -0.1) is 0 Å². The van der Waals surface area contributed by atoms with Crippen LogP contribution < -0.4 is 14.2 Å². The Morgan fingerprint density at radius 1 is 0.396 bits per heavy atom. The molecule has 8 rings (SSSR count). The van der Waals surface area contributed by atoms with Crippen LogP contribution in [0, 0.1) is 41.5 Å². The molecule has 8 bridgehead atoms. The molecule has 0 aliphatic carbocycles. The van der Waals surface area contributed by atoms with Gasteiger partial charge in [0.05, 0.1) is 43.8 Å². The molecule has 0 spiro atoms. The second-order valence-electron chi connectivity index (χ2n) is 14.2. The molecule has 53 heavy (non-hydrogen) atoms. The van der Waals surface area contributed by atoms with Crippen molar-refractivity contribution >= 4 is 45.3 Å². The minimum absolute atomic E-state index is 0.627. The lowest BCUT2D eigenvalue weighted by atomic mass is 9.92. The van der Waals surface area contributed by atoms with E-state index >= 15 is 0 Å². The van der Waals surface area contributed by atoms with Crippen LogP contribution in [-0.4, -0.2) is 41.3 Å². The average molecular weight is 701 g/mol. The highest BCUT2D eigenvalue weighted by Crippen LogP contribution is 2.46. The first kappa shape index (κ1) is 33.9. The van der Waals surface area contributed by atoms with Crippen molar-refractivity contribution in [2.75, 3.05) is 21.3 Å². The van der Waals surface area contributed by atoms with Crippen molar-refractivity contribution < 1.29 is 14.2 Å². The molecule has 4 aromatic heterocycles. The quantitative estimate of drug-likeness (QED) is 0.161. The Morgan fingerprint density at radius 2 is 0.774 bits per heavy atom. The number of methoxy groups -OCH3 is 3. The number of nitrogens with zero attached hydrogens (tertiary/aromatic N) is 1. The van der Waals surface area contributed by atoms with Crippen LogP contribution in [0.3, 0.4) is 0 Å². The number of hydrogen-bond donors (Lipinski definition) is 3. The molecule has 0 fully saturated rings. The maximum absolute atomic E-state index is 6.08. The molecule has 0 radical (unpaired) electrons. The van der Waals surface area contributed by atoms with Crippen LogP contribution in [0.4, 0.5) is 0 Å². The van der Waals surface area contributed by atoms with E-state index in [1.165, 1.54) is 38.9 Å². The van der Waals surface area contributed by atoms with Gasteiger partial charge in [0.1, 0.15) is 17.2 Å². The fraction of sp³-hybridized carbons (Fsp3) is 0.196. The zero-order valence-electron chi connectivity index (χ0n) is 31.8. The van der Waals surface area contributed by atoms with Gasteiger partial charge in [0.2, 0.25) is 0 Å². The highest BCUT2D eigenvalue weighted by atomic mass is 16.5. The first-order chi connectivity index (χ1) is 25.6. The Bertz CT molecular complexity index is 2690. The summed E-state index contributed by atoms with van der Waals surface area (Å²) in [5.41, 5.74) is 20.9. The van der Waals surface area contributed by atoms with E-state index in [0.29, 0.717) is 17.2 Å². The summed E-state index contributed by atoms with van der Waals surface area (Å²) >= 11 is 0. The third kappa shape index (κ3) is 5.73. The lowest BCUT2D eigenvalue weighted by Gasteiger charge is -2.16. The summed E-state index contributed by atoms with van der Waals surface area (Å²) in [7, 11) is 5.00. The number of ether oxygens (including phenoxy) is 3. The van der Waals surface area contributed by atoms with Crippen molar-refractivity contribution in [1.82, 2.24) is 19.9 Å². The summed E-state index contributed by atoms with van der Waals surface area (Å²) in [4.78, 5) is 16.8. The minimum Gasteiger partial charge on any atom is -0.496 e. The summed E-state index contributed by atoms with van der Waals surface area (Å²) in [6.07, 6.45) is 4.24. The predicted molar refractivity (Wildman–Crippen MR) is 220 cm³/mol. The van der Waals surface area contributed by atoms with Crippen molar-refractivity contribution in [2.24, 2.45) is 0 Å². The molecule has 3 aromatic carbocycles. The number of nitrogens with one attached hydrogen (secondary N) is 3. The maximum Gasteiger partial charge on any atom is 0.134 e. The Morgan fingerprint density at radius 3 is 1.23 bits per heavy atom. The van der Waals surface area contributed by atoms with Gasteiger partial charge < -0.3 is 29.2 Å². The fourth-order valence-electron chi connectivity index (χ4n) is 8.35. The van der Waals surface area contributed by atoms with E-state index in [1.807, 2.05) is 12.1 Å². The number of aromatic nitrogens is 4. The Balaban J connectivity index is 1.61. The molecular formula is C46H44N4O3. The summed E-state index contributed by atoms with van der Waals surface area (Å²) in [6, 6.07) is 25.7. The van der Waals surface area contributed by atoms with Gasteiger partial charge in [0.15, 0.2) is 0 Å². The summed E-state index contributed by atoms with van der Waals surface area (Å²) in [6.45, 7) is 13.0. The van der Waals surface area contributed by atoms with Gasteiger partial charge in [0, 0.05) is 56.4 Å². The number of aromatic amines is 3. The second-order valence-corrected chi connectivity index (χ2v) is 14.2. The molecule has 0 saturated heterocycles. The summed E-state index contributed by atoms with van der Waals surface area (Å²) in [5, 5.41) is 0. The first-order valence-corrected chi connectivity index (χ1v) is 17.9. The van der Waals surface area contributed by atoms with E-state index in [-0.39, 0.29) is 0 Å². The van der Waals surface area contributed by atoms with Crippen LogP contribution in [0.1, 0.15) is 44.8 Å². The van der Waals surface area contributed by atoms with E-state index in [4.69, 9.17) is 19.2 Å². The largest absolute Gasteiger partial charge is 0.496 e. The first-order valence-electron chi connectivity index (χ1n) is 17.9. The molecule has 7 aromatic rings. The van der Waals surface area contributed by atoms with Crippen molar-refractivity contribution in [3.05, 3.63) is 118 Å². The molecule has 0 atom stereocenters. The van der Waals surface area contributed by atoms with Crippen LogP contribution in [0.5, 0.6) is 17.2 Å². The molecule has 1 aliphatic heterocycles. The van der Waals surface area contributed by atoms with Crippen molar-refractivity contribution in [1.29, 1.82) is 0 Å². The third-order valence-corrected chi connectivity index (χ3v) is 10.4. The molecule has 0 amide bonds. The van der Waals surface area contributed by atoms with E-state index in [1.54, 1.807) is 21.3 Å². The topological polar surface area (TPSA) is 88.0 Å². The maximum atomic E-state index is 6.08. The molecule has 7 nitrogen and oxygen atoms in total. The third-order valence-electron chi connectivity index (χ3n) is 10.4. The average Bonchev–Trinajstić information content (AvgIpc) is 3.96. The highest BCUT2D eigenvalue weighted by molar-refractivity contribution is 6.03. The van der Waals surface area contributed by atoms with Gasteiger partial charge in [-0.3, -0.25) is 0 Å². The molecular weight excluding hydrogens is 657 g/mol. The molecule has 0 unspecified atom stereocenters. The van der Waals surface area contributed by atoms with Crippen molar-refractivity contribution in [3.63, 3.8) is 0 Å². The van der Waals surface area contributed by atoms with E-state index in [2.05, 4.69) is 129 Å². The van der Waals surface area contributed by atoms with Crippen LogP contribution in [-0.2, 0) is 0 Å². The number of rotatable bonds is 6. The minimum atomic E-state index is 0.627. The number of benzene rings is 3. The molecule has 0 saturated carbocycles. The Hall–Kier alpha value is -6.21. The zero-order chi connectivity index (χ0) is 37.1. The van der Waals surface area contributed by atoms with Crippen molar-refractivity contribution in [3.8, 4) is 50.6 Å². The van der Waals surface area contributed by atoms with Gasteiger partial charge in [-0.2, -0.15) is 0 Å². The number of hydrogen-bond acceptors (Lipinski definition) is 4. The summed E-state index contributed by atoms with van der Waals surface area (Å²) < 4.78 is 17.8. The molecule has 5 heterocycles. The van der Waals surface area contributed by atoms with E-state index in [9.17, 15) is 0 Å². The van der Waals surface area contributed by atoms with Crippen LogP contribution in [0.2, 0.25) is 0 Å². The van der Waals surface area contributed by atoms with Gasteiger partial charge in [0.25, 0.3) is 0 Å². The Labute approximate surface area is 309 Å². The second kappa shape index (κ2) is 13.1. The Kier molecular flexibility index (Phi) is 8.37. The van der Waals surface area contributed by atoms with Crippen LogP contribution >= 0.6 is 0 Å². The van der Waals surface area contributed by atoms with Crippen LogP contribution in [0.15, 0.2) is 72.8 Å². The van der Waals surface area contributed by atoms with Gasteiger partial charge >= 0.3 is 0 Å². The fourth-order valence-corrected chi connectivity index (χ4v) is 8.35. The van der Waals surface area contributed by atoms with Gasteiger partial charge in [-0.05, 0) is 123 Å². The SMILES string of the molecule is COc1cc(OC)c(-c2c3ccc([nH]3)c(-c3c(C)cc(C)cc3C)c3nc(c4ccc([nH]4)c(-c4c(C)cc(C)cc4C)c4ccc2[nH]4)C=C3)c(OC)c1. The lowest BCUT2D eigenvalue weighted by molar-refractivity contribution is 0.377. The lowest BCUT2D eigenvalue weighted by Crippen LogP contribution is -1.96. The molecule has 266 valence electrons. The van der Waals surface area contributed by atoms with Gasteiger partial charge in [-0.1, -0.05) is 35.4 Å². The van der Waals surface area contributed by atoms with Crippen molar-refractivity contribution in [2.45, 2.75) is 41.5 Å². The van der Waals surface area contributed by atoms with E-state index < -0.39 is 0 Å². The smallest absolute Gasteiger partial charge is 0.134 e. The predicted octanol–water partition coefficient (Wildman–Crippen LogP) is 11.6. The summed E-state index contributed by atoms with van der Waals surface area (Å²) in [5.74, 6) is 1.89. The van der Waals surface area contributed by atoms with Gasteiger partial charge in [-0.25, -0.2) is 4.98 Å². The standard InChI is InChI=1S/C46H44N4O3/c1-24-18-26(3)41(27(4)19-24)43-33-12-10-31(47-33)32-11-13-34(48-32)44(42-28(5)20-25(2)21-29(42)6)36-15-17-38(50-36)45(37-16-14-35(43)49-37)46-39(52-8)22-30(51-7)23-40(46)53-9/h10-23,47,49-50H,1-9H3. The van der Waals surface area contributed by atoms with Crippen LogP contribution in [0.25, 0.3) is 78.6 Å². The molecule has 1 aliphatic rings. The monoisotopic (exact) mass is 700 g/mol. The molecule has 3 N–H and O–H groups in total.